The highest BCUT2D eigenvalue weighted by Gasteiger charge is 2.36. The van der Waals surface area contributed by atoms with Gasteiger partial charge in [0.1, 0.15) is 24.8 Å². The summed E-state index contributed by atoms with van der Waals surface area (Å²) in [6.07, 6.45) is 1.69. The van der Waals surface area contributed by atoms with Crippen LogP contribution in [0, 0.1) is 5.41 Å². The van der Waals surface area contributed by atoms with Crippen molar-refractivity contribution in [2.45, 2.75) is 0 Å². The van der Waals surface area contributed by atoms with Gasteiger partial charge in [-0.3, -0.25) is 15.1 Å². The van der Waals surface area contributed by atoms with Crippen molar-refractivity contribution < 1.29 is 19.0 Å². The maximum atomic E-state index is 12.7. The summed E-state index contributed by atoms with van der Waals surface area (Å²) in [4.78, 5) is 18.6. The van der Waals surface area contributed by atoms with Gasteiger partial charge in [-0.25, -0.2) is 0 Å². The molecule has 2 heterocycles. The Bertz CT molecular complexity index is 1380. The summed E-state index contributed by atoms with van der Waals surface area (Å²) in [5, 5.41) is 11.2. The van der Waals surface area contributed by atoms with Crippen molar-refractivity contribution in [3.8, 4) is 17.2 Å². The first-order valence-electron chi connectivity index (χ1n) is 11.3. The van der Waals surface area contributed by atoms with E-state index in [9.17, 15) is 4.79 Å². The fourth-order valence-corrected chi connectivity index (χ4v) is 4.68. The van der Waals surface area contributed by atoms with Crippen LogP contribution in [0.2, 0.25) is 0 Å². The summed E-state index contributed by atoms with van der Waals surface area (Å²) in [6, 6.07) is 24.6. The average molecular weight is 498 g/mol. The van der Waals surface area contributed by atoms with Crippen molar-refractivity contribution >= 4 is 40.4 Å². The molecule has 0 aliphatic carbocycles. The molecule has 3 aromatic rings. The Balaban J connectivity index is 1.23. The number of ether oxygens (including phenoxy) is 3. The van der Waals surface area contributed by atoms with E-state index in [1.807, 2.05) is 84.3 Å². The number of para-hydroxylation sites is 2. The zero-order chi connectivity index (χ0) is 24.9. The van der Waals surface area contributed by atoms with Gasteiger partial charge >= 0.3 is 0 Å². The summed E-state index contributed by atoms with van der Waals surface area (Å²) >= 11 is 1.35. The Hall–Kier alpha value is -4.30. The predicted octanol–water partition coefficient (Wildman–Crippen LogP) is 5.46. The van der Waals surface area contributed by atoms with E-state index in [-0.39, 0.29) is 11.4 Å². The Labute approximate surface area is 213 Å². The number of rotatable bonds is 8. The minimum absolute atomic E-state index is 0.110. The van der Waals surface area contributed by atoms with Crippen molar-refractivity contribution in [1.29, 1.82) is 5.41 Å². The Morgan fingerprint density at radius 3 is 2.36 bits per heavy atom. The van der Waals surface area contributed by atoms with Crippen molar-refractivity contribution in [3.05, 3.63) is 101 Å². The molecule has 7 nitrogen and oxygen atoms in total. The van der Waals surface area contributed by atoms with Gasteiger partial charge in [0, 0.05) is 5.41 Å². The molecule has 2 aliphatic rings. The summed E-state index contributed by atoms with van der Waals surface area (Å²) in [7, 11) is 1.60. The van der Waals surface area contributed by atoms with E-state index < -0.39 is 5.91 Å². The molecule has 0 fully saturated rings. The number of amides is 1. The molecule has 8 heteroatoms. The lowest BCUT2D eigenvalue weighted by atomic mass is 10.1. The van der Waals surface area contributed by atoms with Crippen LogP contribution in [0.3, 0.4) is 0 Å². The van der Waals surface area contributed by atoms with E-state index in [4.69, 9.17) is 19.6 Å². The number of nitrogens with one attached hydrogen (secondary N) is 1. The van der Waals surface area contributed by atoms with Gasteiger partial charge in [0.2, 0.25) is 0 Å². The third kappa shape index (κ3) is 4.89. The molecule has 0 radical (unpaired) electrons. The standard InChI is InChI=1S/C28H23N3O4S/c1-33-24-9-5-6-10-25(24)35-16-15-34-21-13-11-19(12-14-21)17-22-26(29)31-23(20-7-3-2-4-8-20)18-36-28(31)30-27(22)32/h2-14,17-18,29H,15-16H2,1H3/b22-17+,29-26?. The number of hydrogen-bond donors (Lipinski definition) is 1. The van der Waals surface area contributed by atoms with E-state index in [2.05, 4.69) is 4.99 Å². The normalized spacial score (nSPS) is 15.9. The first-order valence-corrected chi connectivity index (χ1v) is 12.2. The monoisotopic (exact) mass is 497 g/mol. The summed E-state index contributed by atoms with van der Waals surface area (Å²) < 4.78 is 16.8. The molecule has 0 saturated heterocycles. The molecule has 0 bridgehead atoms. The highest BCUT2D eigenvalue weighted by atomic mass is 32.2. The van der Waals surface area contributed by atoms with Gasteiger partial charge in [0.25, 0.3) is 5.91 Å². The number of nitrogens with zero attached hydrogens (tertiary/aromatic N) is 2. The number of carbonyl (C=O) groups excluding carboxylic acids is 1. The first kappa shape index (κ1) is 23.4. The van der Waals surface area contributed by atoms with Crippen molar-refractivity contribution in [2.75, 3.05) is 20.3 Å². The lowest BCUT2D eigenvalue weighted by molar-refractivity contribution is -0.114. The van der Waals surface area contributed by atoms with E-state index in [0.717, 1.165) is 16.8 Å². The largest absolute Gasteiger partial charge is 0.493 e. The molecular weight excluding hydrogens is 474 g/mol. The number of hydrogen-bond acceptors (Lipinski definition) is 6. The molecule has 0 aromatic heterocycles. The molecule has 0 atom stereocenters. The molecule has 1 amide bonds. The first-order chi connectivity index (χ1) is 17.6. The van der Waals surface area contributed by atoms with Crippen LogP contribution in [-0.4, -0.2) is 42.1 Å². The van der Waals surface area contributed by atoms with Gasteiger partial charge in [-0.1, -0.05) is 66.4 Å². The number of amidine groups is 2. The van der Waals surface area contributed by atoms with Crippen LogP contribution in [0.5, 0.6) is 17.2 Å². The highest BCUT2D eigenvalue weighted by molar-refractivity contribution is 8.17. The van der Waals surface area contributed by atoms with E-state index >= 15 is 0 Å². The second kappa shape index (κ2) is 10.5. The second-order valence-electron chi connectivity index (χ2n) is 7.85. The molecule has 0 unspecified atom stereocenters. The zero-order valence-electron chi connectivity index (χ0n) is 19.5. The van der Waals surface area contributed by atoms with Gasteiger partial charge in [-0.15, -0.1) is 0 Å². The number of thioether (sulfide) groups is 1. The third-order valence-corrected chi connectivity index (χ3v) is 6.38. The number of methoxy groups -OCH3 is 1. The predicted molar refractivity (Wildman–Crippen MR) is 142 cm³/mol. The average Bonchev–Trinajstić information content (AvgIpc) is 3.34. The molecule has 2 aliphatic heterocycles. The van der Waals surface area contributed by atoms with Crippen LogP contribution in [0.25, 0.3) is 11.8 Å². The molecule has 0 spiro atoms. The maximum absolute atomic E-state index is 12.7. The van der Waals surface area contributed by atoms with Crippen LogP contribution in [0.4, 0.5) is 0 Å². The van der Waals surface area contributed by atoms with Crippen LogP contribution in [0.15, 0.2) is 94.8 Å². The minimum atomic E-state index is -0.421. The van der Waals surface area contributed by atoms with Crippen LogP contribution >= 0.6 is 11.8 Å². The maximum Gasteiger partial charge on any atom is 0.283 e. The Kier molecular flexibility index (Phi) is 6.86. The van der Waals surface area contributed by atoms with Gasteiger partial charge < -0.3 is 14.2 Å². The molecule has 180 valence electrons. The number of carbonyl (C=O) groups is 1. The zero-order valence-corrected chi connectivity index (χ0v) is 20.3. The van der Waals surface area contributed by atoms with Crippen molar-refractivity contribution in [1.82, 2.24) is 4.90 Å². The van der Waals surface area contributed by atoms with Gasteiger partial charge in [-0.2, -0.15) is 4.99 Å². The summed E-state index contributed by atoms with van der Waals surface area (Å²) in [5.41, 5.74) is 2.81. The molecule has 0 saturated carbocycles. The Morgan fingerprint density at radius 2 is 1.61 bits per heavy atom. The fraction of sp³-hybridized carbons (Fsp3) is 0.107. The fourth-order valence-electron chi connectivity index (χ4n) is 3.79. The smallest absolute Gasteiger partial charge is 0.283 e. The van der Waals surface area contributed by atoms with Crippen LogP contribution < -0.4 is 14.2 Å². The summed E-state index contributed by atoms with van der Waals surface area (Å²) in [6.45, 7) is 0.726. The lowest BCUT2D eigenvalue weighted by Crippen LogP contribution is -2.38. The SMILES string of the molecule is COc1ccccc1OCCOc1ccc(/C=C2\C(=N)N3C(c4ccccc4)=CSC3=NC2=O)cc1. The molecular formula is C28H23N3O4S. The number of aliphatic imine (C=N–C) groups is 1. The van der Waals surface area contributed by atoms with Gasteiger partial charge in [0.05, 0.1) is 18.4 Å². The number of fused-ring (bicyclic) bond motifs is 1. The molecule has 3 aromatic carbocycles. The Morgan fingerprint density at radius 1 is 0.917 bits per heavy atom. The van der Waals surface area contributed by atoms with Crippen molar-refractivity contribution in [2.24, 2.45) is 4.99 Å². The van der Waals surface area contributed by atoms with Crippen molar-refractivity contribution in [3.63, 3.8) is 0 Å². The van der Waals surface area contributed by atoms with Crippen LogP contribution in [-0.2, 0) is 4.79 Å². The van der Waals surface area contributed by atoms with E-state index in [1.54, 1.807) is 18.1 Å². The molecule has 1 N–H and O–H groups in total. The van der Waals surface area contributed by atoms with Gasteiger partial charge in [0.15, 0.2) is 16.7 Å². The molecule has 36 heavy (non-hydrogen) atoms. The van der Waals surface area contributed by atoms with Crippen LogP contribution in [0.1, 0.15) is 11.1 Å². The topological polar surface area (TPSA) is 84.2 Å². The second-order valence-corrected chi connectivity index (χ2v) is 8.68. The summed E-state index contributed by atoms with van der Waals surface area (Å²) in [5.74, 6) is 1.70. The quantitative estimate of drug-likeness (QED) is 0.329. The van der Waals surface area contributed by atoms with E-state index in [1.165, 1.54) is 11.8 Å². The van der Waals surface area contributed by atoms with E-state index in [0.29, 0.717) is 35.6 Å². The minimum Gasteiger partial charge on any atom is -0.493 e. The molecule has 5 rings (SSSR count). The number of benzene rings is 3. The lowest BCUT2D eigenvalue weighted by Gasteiger charge is -2.26. The highest BCUT2D eigenvalue weighted by Crippen LogP contribution is 2.37. The van der Waals surface area contributed by atoms with Gasteiger partial charge in [-0.05, 0) is 41.5 Å². The third-order valence-electron chi connectivity index (χ3n) is 5.55.